The molecule has 1 aliphatic rings. The topological polar surface area (TPSA) is 63.4 Å². The Bertz CT molecular complexity index is 815. The molecule has 4 nitrogen and oxygen atoms in total. The number of hydrogen-bond acceptors (Lipinski definition) is 3. The third-order valence-corrected chi connectivity index (χ3v) is 5.98. The van der Waals surface area contributed by atoms with Gasteiger partial charge in [0.15, 0.2) is 0 Å². The van der Waals surface area contributed by atoms with E-state index >= 15 is 0 Å². The highest BCUT2D eigenvalue weighted by Crippen LogP contribution is 2.31. The quantitative estimate of drug-likeness (QED) is 0.925. The molecule has 1 heterocycles. The van der Waals surface area contributed by atoms with Crippen LogP contribution in [0.5, 0.6) is 0 Å². The van der Waals surface area contributed by atoms with Crippen molar-refractivity contribution < 1.29 is 8.42 Å². The second-order valence-electron chi connectivity index (χ2n) is 5.88. The first-order chi connectivity index (χ1) is 10.4. The fourth-order valence-corrected chi connectivity index (χ4v) is 4.46. The molecular weight excluding hydrogens is 296 g/mol. The maximum Gasteiger partial charge on any atom is 0.264 e. The van der Waals surface area contributed by atoms with Crippen molar-refractivity contribution in [2.24, 2.45) is 5.73 Å². The summed E-state index contributed by atoms with van der Waals surface area (Å²) in [6, 6.07) is 12.6. The molecule has 0 fully saturated rings. The van der Waals surface area contributed by atoms with Gasteiger partial charge in [-0.2, -0.15) is 0 Å². The van der Waals surface area contributed by atoms with Crippen LogP contribution in [0.1, 0.15) is 16.7 Å². The molecule has 22 heavy (non-hydrogen) atoms. The lowest BCUT2D eigenvalue weighted by atomic mass is 10.0. The van der Waals surface area contributed by atoms with E-state index in [0.717, 1.165) is 22.4 Å². The smallest absolute Gasteiger partial charge is 0.264 e. The van der Waals surface area contributed by atoms with Crippen LogP contribution in [0.2, 0.25) is 0 Å². The van der Waals surface area contributed by atoms with Crippen LogP contribution in [0.15, 0.2) is 47.4 Å². The van der Waals surface area contributed by atoms with E-state index in [2.05, 4.69) is 0 Å². The van der Waals surface area contributed by atoms with Gasteiger partial charge in [0.1, 0.15) is 0 Å². The number of nitrogens with zero attached hydrogens (tertiary/aromatic N) is 1. The molecule has 3 rings (SSSR count). The molecule has 2 N–H and O–H groups in total. The zero-order chi connectivity index (χ0) is 15.9. The Morgan fingerprint density at radius 2 is 1.82 bits per heavy atom. The largest absolute Gasteiger partial charge is 0.326 e. The Morgan fingerprint density at radius 1 is 1.09 bits per heavy atom. The van der Waals surface area contributed by atoms with Crippen LogP contribution in [0.4, 0.5) is 5.69 Å². The van der Waals surface area contributed by atoms with Crippen molar-refractivity contribution in [3.8, 4) is 0 Å². The second kappa shape index (κ2) is 5.41. The number of rotatable bonds is 2. The summed E-state index contributed by atoms with van der Waals surface area (Å²) in [5.41, 5.74) is 9.83. The SMILES string of the molecule is Cc1ccc(S(=O)(=O)N2CC(N)Cc3ccccc32)cc1C. The van der Waals surface area contributed by atoms with Gasteiger partial charge in [0.05, 0.1) is 10.6 Å². The molecule has 2 aromatic carbocycles. The number of anilines is 1. The van der Waals surface area contributed by atoms with E-state index in [9.17, 15) is 8.42 Å². The summed E-state index contributed by atoms with van der Waals surface area (Å²) in [4.78, 5) is 0.319. The molecule has 5 heteroatoms. The maximum absolute atomic E-state index is 13.0. The minimum atomic E-state index is -3.59. The summed E-state index contributed by atoms with van der Waals surface area (Å²) in [5, 5.41) is 0. The van der Waals surface area contributed by atoms with E-state index in [-0.39, 0.29) is 6.04 Å². The molecule has 0 saturated heterocycles. The molecule has 0 aliphatic carbocycles. The predicted octanol–water partition coefficient (Wildman–Crippen LogP) is 2.38. The molecular formula is C17H20N2O2S. The summed E-state index contributed by atoms with van der Waals surface area (Å²) < 4.78 is 27.5. The van der Waals surface area contributed by atoms with Crippen molar-refractivity contribution in [3.63, 3.8) is 0 Å². The van der Waals surface area contributed by atoms with Crippen LogP contribution in [0, 0.1) is 13.8 Å². The lowest BCUT2D eigenvalue weighted by molar-refractivity contribution is 0.575. The molecule has 0 spiro atoms. The molecule has 1 aliphatic heterocycles. The van der Waals surface area contributed by atoms with Gasteiger partial charge in [-0.3, -0.25) is 4.31 Å². The standard InChI is InChI=1S/C17H20N2O2S/c1-12-7-8-16(9-13(12)2)22(20,21)19-11-15(18)10-14-5-3-4-6-17(14)19/h3-9,15H,10-11,18H2,1-2H3. The molecule has 1 atom stereocenters. The van der Waals surface area contributed by atoms with Crippen LogP contribution in [-0.2, 0) is 16.4 Å². The fraction of sp³-hybridized carbons (Fsp3) is 0.294. The first-order valence-electron chi connectivity index (χ1n) is 7.33. The van der Waals surface area contributed by atoms with E-state index in [1.165, 1.54) is 4.31 Å². The van der Waals surface area contributed by atoms with Crippen molar-refractivity contribution in [2.45, 2.75) is 31.2 Å². The molecule has 1 unspecified atom stereocenters. The molecule has 2 aromatic rings. The van der Waals surface area contributed by atoms with Gasteiger partial charge in [0.25, 0.3) is 10.0 Å². The van der Waals surface area contributed by atoms with Gasteiger partial charge in [-0.15, -0.1) is 0 Å². The van der Waals surface area contributed by atoms with Gasteiger partial charge in [-0.1, -0.05) is 24.3 Å². The average molecular weight is 316 g/mol. The number of para-hydroxylation sites is 1. The van der Waals surface area contributed by atoms with Gasteiger partial charge in [0.2, 0.25) is 0 Å². The van der Waals surface area contributed by atoms with Gasteiger partial charge in [-0.25, -0.2) is 8.42 Å². The third kappa shape index (κ3) is 2.51. The van der Waals surface area contributed by atoms with Crippen molar-refractivity contribution in [2.75, 3.05) is 10.8 Å². The summed E-state index contributed by atoms with van der Waals surface area (Å²) in [7, 11) is -3.59. The zero-order valence-electron chi connectivity index (χ0n) is 12.8. The highest BCUT2D eigenvalue weighted by molar-refractivity contribution is 7.92. The van der Waals surface area contributed by atoms with Crippen LogP contribution < -0.4 is 10.0 Å². The summed E-state index contributed by atoms with van der Waals surface area (Å²) in [5.74, 6) is 0. The molecule has 0 bridgehead atoms. The monoisotopic (exact) mass is 316 g/mol. The van der Waals surface area contributed by atoms with Crippen LogP contribution in [0.25, 0.3) is 0 Å². The van der Waals surface area contributed by atoms with Gasteiger partial charge >= 0.3 is 0 Å². The van der Waals surface area contributed by atoms with E-state index in [0.29, 0.717) is 17.9 Å². The second-order valence-corrected chi connectivity index (χ2v) is 7.74. The summed E-state index contributed by atoms with van der Waals surface area (Å²) >= 11 is 0. The molecule has 116 valence electrons. The average Bonchev–Trinajstić information content (AvgIpc) is 2.49. The number of hydrogen-bond donors (Lipinski definition) is 1. The predicted molar refractivity (Wildman–Crippen MR) is 88.6 cm³/mol. The zero-order valence-corrected chi connectivity index (χ0v) is 13.6. The number of fused-ring (bicyclic) bond motifs is 1. The summed E-state index contributed by atoms with van der Waals surface area (Å²) in [6.45, 7) is 4.20. The Balaban J connectivity index is 2.11. The van der Waals surface area contributed by atoms with E-state index in [4.69, 9.17) is 5.73 Å². The molecule has 0 saturated carbocycles. The Hall–Kier alpha value is -1.85. The first kappa shape index (κ1) is 15.1. The van der Waals surface area contributed by atoms with E-state index in [1.807, 2.05) is 44.2 Å². The van der Waals surface area contributed by atoms with Crippen molar-refractivity contribution >= 4 is 15.7 Å². The Kier molecular flexibility index (Phi) is 3.70. The Morgan fingerprint density at radius 3 is 2.55 bits per heavy atom. The van der Waals surface area contributed by atoms with Crippen LogP contribution in [0.3, 0.4) is 0 Å². The van der Waals surface area contributed by atoms with E-state index in [1.54, 1.807) is 12.1 Å². The van der Waals surface area contributed by atoms with Crippen molar-refractivity contribution in [3.05, 3.63) is 59.2 Å². The van der Waals surface area contributed by atoms with Crippen molar-refractivity contribution in [1.29, 1.82) is 0 Å². The van der Waals surface area contributed by atoms with Gasteiger partial charge in [0, 0.05) is 12.6 Å². The lowest BCUT2D eigenvalue weighted by Crippen LogP contribution is -2.46. The molecule has 0 radical (unpaired) electrons. The third-order valence-electron chi connectivity index (χ3n) is 4.21. The van der Waals surface area contributed by atoms with Gasteiger partial charge < -0.3 is 5.73 Å². The van der Waals surface area contributed by atoms with E-state index < -0.39 is 10.0 Å². The maximum atomic E-state index is 13.0. The number of sulfonamides is 1. The summed E-state index contributed by atoms with van der Waals surface area (Å²) in [6.07, 6.45) is 0.703. The molecule has 0 aromatic heterocycles. The molecule has 0 amide bonds. The lowest BCUT2D eigenvalue weighted by Gasteiger charge is -2.33. The van der Waals surface area contributed by atoms with Crippen LogP contribution in [-0.4, -0.2) is 21.0 Å². The highest BCUT2D eigenvalue weighted by Gasteiger charge is 2.31. The first-order valence-corrected chi connectivity index (χ1v) is 8.77. The highest BCUT2D eigenvalue weighted by atomic mass is 32.2. The van der Waals surface area contributed by atoms with Crippen LogP contribution >= 0.6 is 0 Å². The number of aryl methyl sites for hydroxylation is 2. The van der Waals surface area contributed by atoms with Crippen molar-refractivity contribution in [1.82, 2.24) is 0 Å². The number of nitrogens with two attached hydrogens (primary N) is 1. The minimum absolute atomic E-state index is 0.184. The fourth-order valence-electron chi connectivity index (χ4n) is 2.81. The normalized spacial score (nSPS) is 18.1. The number of benzene rings is 2. The Labute approximate surface area is 131 Å². The minimum Gasteiger partial charge on any atom is -0.326 e. The van der Waals surface area contributed by atoms with Gasteiger partial charge in [-0.05, 0) is 55.2 Å².